The molecule has 0 aliphatic heterocycles. The van der Waals surface area contributed by atoms with Gasteiger partial charge in [-0.1, -0.05) is 60.7 Å². The normalized spacial score (nSPS) is 12.7. The highest BCUT2D eigenvalue weighted by Crippen LogP contribution is 2.34. The molecule has 0 saturated carbocycles. The third-order valence-corrected chi connectivity index (χ3v) is 3.58. The molecule has 0 aromatic heterocycles. The van der Waals surface area contributed by atoms with Crippen molar-refractivity contribution in [3.05, 3.63) is 71.8 Å². The van der Waals surface area contributed by atoms with Crippen molar-refractivity contribution in [2.45, 2.75) is 32.3 Å². The van der Waals surface area contributed by atoms with E-state index < -0.39 is 29.4 Å². The average Bonchev–Trinajstić information content (AvgIpc) is 2.52. The minimum atomic E-state index is -1.31. The van der Waals surface area contributed by atoms with E-state index in [1.165, 1.54) is 0 Å². The predicted octanol–water partition coefficient (Wildman–Crippen LogP) is 3.86. The zero-order chi connectivity index (χ0) is 17.7. The molecule has 0 unspecified atom stereocenters. The van der Waals surface area contributed by atoms with E-state index in [0.29, 0.717) is 0 Å². The van der Waals surface area contributed by atoms with E-state index in [-0.39, 0.29) is 0 Å². The first kappa shape index (κ1) is 17.7. The van der Waals surface area contributed by atoms with E-state index >= 15 is 0 Å². The van der Waals surface area contributed by atoms with Crippen molar-refractivity contribution in [1.82, 2.24) is 0 Å². The quantitative estimate of drug-likeness (QED) is 0.669. The molecular weight excluding hydrogens is 304 g/mol. The monoisotopic (exact) mass is 326 g/mol. The second-order valence-corrected chi connectivity index (χ2v) is 6.65. The summed E-state index contributed by atoms with van der Waals surface area (Å²) in [5, 5.41) is 9.73. The number of benzene rings is 2. The number of carbonyl (C=O) groups excluding carboxylic acids is 1. The van der Waals surface area contributed by atoms with Gasteiger partial charge in [-0.25, -0.2) is 0 Å². The Morgan fingerprint density at radius 3 is 1.62 bits per heavy atom. The van der Waals surface area contributed by atoms with Gasteiger partial charge in [0.25, 0.3) is 0 Å². The van der Waals surface area contributed by atoms with Gasteiger partial charge in [-0.15, -0.1) is 0 Å². The van der Waals surface area contributed by atoms with Crippen LogP contribution in [0, 0.1) is 5.92 Å². The number of carboxylic acids is 1. The van der Waals surface area contributed by atoms with Gasteiger partial charge in [0.2, 0.25) is 0 Å². The number of carboxylic acid groups (broad SMARTS) is 1. The first-order valence-corrected chi connectivity index (χ1v) is 7.85. The Bertz CT molecular complexity index is 647. The molecule has 126 valence electrons. The van der Waals surface area contributed by atoms with Crippen LogP contribution in [0.4, 0.5) is 0 Å². The molecule has 0 saturated heterocycles. The lowest BCUT2D eigenvalue weighted by Gasteiger charge is -2.27. The van der Waals surface area contributed by atoms with Gasteiger partial charge in [0.05, 0.1) is 0 Å². The second kappa shape index (κ2) is 7.30. The highest BCUT2D eigenvalue weighted by atomic mass is 16.6. The summed E-state index contributed by atoms with van der Waals surface area (Å²) in [5.74, 6) is -3.84. The van der Waals surface area contributed by atoms with Crippen LogP contribution < -0.4 is 0 Å². The van der Waals surface area contributed by atoms with Crippen molar-refractivity contribution >= 4 is 11.9 Å². The highest BCUT2D eigenvalue weighted by molar-refractivity contribution is 5.96. The van der Waals surface area contributed by atoms with E-state index in [0.717, 1.165) is 11.1 Å². The molecule has 2 aromatic rings. The minimum Gasteiger partial charge on any atom is -0.481 e. The first-order valence-electron chi connectivity index (χ1n) is 7.85. The summed E-state index contributed by atoms with van der Waals surface area (Å²) in [6, 6.07) is 18.4. The first-order chi connectivity index (χ1) is 11.3. The van der Waals surface area contributed by atoms with Crippen LogP contribution in [-0.4, -0.2) is 22.6 Å². The van der Waals surface area contributed by atoms with Crippen molar-refractivity contribution in [1.29, 1.82) is 0 Å². The zero-order valence-electron chi connectivity index (χ0n) is 14.1. The number of hydrogen-bond acceptors (Lipinski definition) is 3. The summed E-state index contributed by atoms with van der Waals surface area (Å²) in [6.07, 6.45) is 0. The Morgan fingerprint density at radius 1 is 0.875 bits per heavy atom. The van der Waals surface area contributed by atoms with Crippen molar-refractivity contribution in [2.24, 2.45) is 5.92 Å². The maximum absolute atomic E-state index is 12.6. The zero-order valence-corrected chi connectivity index (χ0v) is 14.1. The van der Waals surface area contributed by atoms with Gasteiger partial charge >= 0.3 is 11.9 Å². The fourth-order valence-corrected chi connectivity index (χ4v) is 2.64. The lowest BCUT2D eigenvalue weighted by Crippen LogP contribution is -2.36. The number of ether oxygens (including phenoxy) is 1. The van der Waals surface area contributed by atoms with E-state index in [4.69, 9.17) is 4.74 Å². The summed E-state index contributed by atoms with van der Waals surface area (Å²) in [7, 11) is 0. The van der Waals surface area contributed by atoms with Crippen LogP contribution in [-0.2, 0) is 14.3 Å². The Kier molecular flexibility index (Phi) is 5.39. The number of esters is 1. The van der Waals surface area contributed by atoms with Crippen LogP contribution in [0.5, 0.6) is 0 Å². The van der Waals surface area contributed by atoms with Gasteiger partial charge in [0.15, 0.2) is 5.92 Å². The maximum Gasteiger partial charge on any atom is 0.321 e. The molecule has 1 atom stereocenters. The predicted molar refractivity (Wildman–Crippen MR) is 91.7 cm³/mol. The molecule has 1 N–H and O–H groups in total. The summed E-state index contributed by atoms with van der Waals surface area (Å²) in [6.45, 7) is 5.18. The largest absolute Gasteiger partial charge is 0.481 e. The molecule has 0 aliphatic rings. The number of aliphatic carboxylic acids is 1. The van der Waals surface area contributed by atoms with Crippen LogP contribution in [0.1, 0.15) is 37.8 Å². The van der Waals surface area contributed by atoms with Crippen LogP contribution in [0.25, 0.3) is 0 Å². The SMILES string of the molecule is CC(C)(C)OC(=O)[C@H](C(=O)O)C(c1ccccc1)c1ccccc1. The average molecular weight is 326 g/mol. The van der Waals surface area contributed by atoms with Crippen molar-refractivity contribution in [2.75, 3.05) is 0 Å². The molecule has 0 aliphatic carbocycles. The second-order valence-electron chi connectivity index (χ2n) is 6.65. The molecular formula is C20H22O4. The molecule has 4 nitrogen and oxygen atoms in total. The summed E-state index contributed by atoms with van der Waals surface area (Å²) < 4.78 is 5.37. The van der Waals surface area contributed by atoms with Crippen molar-refractivity contribution in [3.8, 4) is 0 Å². The Hall–Kier alpha value is -2.62. The maximum atomic E-state index is 12.6. The third kappa shape index (κ3) is 4.44. The smallest absolute Gasteiger partial charge is 0.321 e. The number of hydrogen-bond donors (Lipinski definition) is 1. The highest BCUT2D eigenvalue weighted by Gasteiger charge is 2.39. The lowest BCUT2D eigenvalue weighted by molar-refractivity contribution is -0.167. The van der Waals surface area contributed by atoms with E-state index in [9.17, 15) is 14.7 Å². The van der Waals surface area contributed by atoms with Crippen LogP contribution >= 0.6 is 0 Å². The molecule has 2 aromatic carbocycles. The number of rotatable bonds is 5. The van der Waals surface area contributed by atoms with E-state index in [2.05, 4.69) is 0 Å². The molecule has 2 rings (SSSR count). The van der Waals surface area contributed by atoms with E-state index in [1.54, 1.807) is 20.8 Å². The number of carbonyl (C=O) groups is 2. The fourth-order valence-electron chi connectivity index (χ4n) is 2.64. The molecule has 4 heteroatoms. The molecule has 0 radical (unpaired) electrons. The molecule has 24 heavy (non-hydrogen) atoms. The van der Waals surface area contributed by atoms with Gasteiger partial charge in [0, 0.05) is 5.92 Å². The molecule has 0 amide bonds. The summed E-state index contributed by atoms with van der Waals surface area (Å²) >= 11 is 0. The van der Waals surface area contributed by atoms with Gasteiger partial charge in [-0.3, -0.25) is 9.59 Å². The topological polar surface area (TPSA) is 63.6 Å². The van der Waals surface area contributed by atoms with Crippen molar-refractivity contribution < 1.29 is 19.4 Å². The Balaban J connectivity index is 2.51. The molecule has 0 bridgehead atoms. The lowest BCUT2D eigenvalue weighted by atomic mass is 9.80. The third-order valence-electron chi connectivity index (χ3n) is 3.58. The van der Waals surface area contributed by atoms with Gasteiger partial charge < -0.3 is 9.84 Å². The van der Waals surface area contributed by atoms with Crippen LogP contribution in [0.2, 0.25) is 0 Å². The molecule has 0 heterocycles. The van der Waals surface area contributed by atoms with Crippen molar-refractivity contribution in [3.63, 3.8) is 0 Å². The minimum absolute atomic E-state index is 0.611. The Morgan fingerprint density at radius 2 is 1.29 bits per heavy atom. The standard InChI is InChI=1S/C20H22O4/c1-20(2,3)24-19(23)17(18(21)22)16(14-10-6-4-7-11-14)15-12-8-5-9-13-15/h4-13,16-17H,1-3H3,(H,21,22)/t17-/m0/s1. The molecule has 0 fully saturated rings. The molecule has 0 spiro atoms. The van der Waals surface area contributed by atoms with Gasteiger partial charge in [-0.05, 0) is 31.9 Å². The van der Waals surface area contributed by atoms with E-state index in [1.807, 2.05) is 60.7 Å². The summed E-state index contributed by atoms with van der Waals surface area (Å²) in [4.78, 5) is 24.5. The summed E-state index contributed by atoms with van der Waals surface area (Å²) in [5.41, 5.74) is 0.784. The fraction of sp³-hybridized carbons (Fsp3) is 0.300. The van der Waals surface area contributed by atoms with Gasteiger partial charge in [-0.2, -0.15) is 0 Å². The Labute approximate surface area is 142 Å². The van der Waals surface area contributed by atoms with Gasteiger partial charge in [0.1, 0.15) is 5.60 Å². The van der Waals surface area contributed by atoms with Crippen LogP contribution in [0.3, 0.4) is 0 Å². The van der Waals surface area contributed by atoms with Crippen LogP contribution in [0.15, 0.2) is 60.7 Å².